The van der Waals surface area contributed by atoms with Crippen molar-refractivity contribution in [3.63, 3.8) is 0 Å². The van der Waals surface area contributed by atoms with Crippen molar-refractivity contribution in [3.8, 4) is 11.3 Å². The number of fused-ring (bicyclic) bond motifs is 4. The molecule has 1 aromatic carbocycles. The minimum Gasteiger partial charge on any atom is -0.301 e. The van der Waals surface area contributed by atoms with E-state index in [-0.39, 0.29) is 0 Å². The predicted molar refractivity (Wildman–Crippen MR) is 89.0 cm³/mol. The largest absolute Gasteiger partial charge is 0.301 e. The minimum absolute atomic E-state index is 0.508. The van der Waals surface area contributed by atoms with Crippen LogP contribution in [0.2, 0.25) is 0 Å². The fourth-order valence-electron chi connectivity index (χ4n) is 3.93. The topological polar surface area (TPSA) is 34.0 Å². The second-order valence-corrected chi connectivity index (χ2v) is 7.41. The van der Waals surface area contributed by atoms with Crippen LogP contribution in [-0.4, -0.2) is 39.5 Å². The molecule has 0 aliphatic carbocycles. The average molecular weight is 310 g/mol. The summed E-state index contributed by atoms with van der Waals surface area (Å²) in [4.78, 5) is 2.56. The van der Waals surface area contributed by atoms with Gasteiger partial charge in [-0.3, -0.25) is 0 Å². The first kappa shape index (κ1) is 12.8. The fraction of sp³-hybridized carbons (Fsp3) is 0.412. The number of hydrogen-bond acceptors (Lipinski definition) is 4. The van der Waals surface area contributed by atoms with E-state index < -0.39 is 0 Å². The molecule has 2 aromatic heterocycles. The molecule has 2 bridgehead atoms. The Balaban J connectivity index is 1.48. The number of rotatable bonds is 2. The van der Waals surface area contributed by atoms with Crippen LogP contribution in [0.4, 0.5) is 0 Å². The van der Waals surface area contributed by atoms with Gasteiger partial charge in [-0.05, 0) is 60.8 Å². The monoisotopic (exact) mass is 310 g/mol. The van der Waals surface area contributed by atoms with Gasteiger partial charge in [0.05, 0.1) is 12.2 Å². The summed E-state index contributed by atoms with van der Waals surface area (Å²) in [5, 5.41) is 12.3. The van der Waals surface area contributed by atoms with E-state index in [0.29, 0.717) is 6.04 Å². The van der Waals surface area contributed by atoms with Crippen LogP contribution in [0.3, 0.4) is 0 Å². The predicted octanol–water partition coefficient (Wildman–Crippen LogP) is 3.43. The second kappa shape index (κ2) is 4.89. The zero-order valence-corrected chi connectivity index (χ0v) is 13.2. The molecular weight excluding hydrogens is 292 g/mol. The smallest absolute Gasteiger partial charge is 0.113 e. The molecule has 0 unspecified atom stereocenters. The number of hydrogen-bond donors (Lipinski definition) is 0. The molecular formula is C17H18N4S. The van der Waals surface area contributed by atoms with Crippen LogP contribution in [0.5, 0.6) is 0 Å². The molecule has 3 aliphatic rings. The summed E-state index contributed by atoms with van der Waals surface area (Å²) in [5.41, 5.74) is 2.16. The van der Waals surface area contributed by atoms with Gasteiger partial charge < -0.3 is 4.90 Å². The second-order valence-electron chi connectivity index (χ2n) is 6.46. The average Bonchev–Trinajstić information content (AvgIpc) is 3.24. The number of nitrogens with zero attached hydrogens (tertiary/aromatic N) is 4. The van der Waals surface area contributed by atoms with Crippen molar-refractivity contribution >= 4 is 21.4 Å². The normalized spacial score (nSPS) is 27.5. The SMILES string of the molecule is c1cc2cc(-c3cn([C@H]4CN5CCC4CC5)nn3)ccc2s1. The van der Waals surface area contributed by atoms with E-state index in [2.05, 4.69) is 55.7 Å². The van der Waals surface area contributed by atoms with Crippen LogP contribution in [0, 0.1) is 5.92 Å². The lowest BCUT2D eigenvalue weighted by Gasteiger charge is -2.44. The Morgan fingerprint density at radius 2 is 2.05 bits per heavy atom. The number of thiophene rings is 1. The number of piperidine rings is 3. The van der Waals surface area contributed by atoms with Gasteiger partial charge in [-0.15, -0.1) is 16.4 Å². The van der Waals surface area contributed by atoms with E-state index in [1.165, 1.54) is 41.6 Å². The Morgan fingerprint density at radius 1 is 1.14 bits per heavy atom. The van der Waals surface area contributed by atoms with E-state index in [1.807, 2.05) is 0 Å². The van der Waals surface area contributed by atoms with E-state index in [4.69, 9.17) is 0 Å². The molecule has 4 nitrogen and oxygen atoms in total. The minimum atomic E-state index is 0.508. The molecule has 1 atom stereocenters. The first-order valence-corrected chi connectivity index (χ1v) is 8.86. The Kier molecular flexibility index (Phi) is 2.85. The lowest BCUT2D eigenvalue weighted by Crippen LogP contribution is -2.48. The highest BCUT2D eigenvalue weighted by Gasteiger charge is 2.35. The highest BCUT2D eigenvalue weighted by Crippen LogP contribution is 2.35. The molecule has 0 radical (unpaired) electrons. The van der Waals surface area contributed by atoms with Crippen molar-refractivity contribution in [2.24, 2.45) is 5.92 Å². The van der Waals surface area contributed by atoms with Crippen LogP contribution in [0.25, 0.3) is 21.3 Å². The van der Waals surface area contributed by atoms with Crippen molar-refractivity contribution in [3.05, 3.63) is 35.8 Å². The zero-order valence-electron chi connectivity index (χ0n) is 12.4. The van der Waals surface area contributed by atoms with Crippen LogP contribution in [0.15, 0.2) is 35.8 Å². The highest BCUT2D eigenvalue weighted by atomic mass is 32.1. The Labute approximate surface area is 133 Å². The summed E-state index contributed by atoms with van der Waals surface area (Å²) < 4.78 is 3.44. The summed E-state index contributed by atoms with van der Waals surface area (Å²) in [5.74, 6) is 0.777. The van der Waals surface area contributed by atoms with Gasteiger partial charge in [0.25, 0.3) is 0 Å². The summed E-state index contributed by atoms with van der Waals surface area (Å²) in [6.07, 6.45) is 4.75. The maximum Gasteiger partial charge on any atom is 0.113 e. The van der Waals surface area contributed by atoms with E-state index in [9.17, 15) is 0 Å². The van der Waals surface area contributed by atoms with Crippen LogP contribution < -0.4 is 0 Å². The van der Waals surface area contributed by atoms with E-state index >= 15 is 0 Å². The number of benzene rings is 1. The van der Waals surface area contributed by atoms with Crippen LogP contribution in [-0.2, 0) is 0 Å². The Morgan fingerprint density at radius 3 is 2.86 bits per heavy atom. The van der Waals surface area contributed by atoms with Gasteiger partial charge in [-0.2, -0.15) is 0 Å². The lowest BCUT2D eigenvalue weighted by molar-refractivity contribution is 0.0504. The van der Waals surface area contributed by atoms with Gasteiger partial charge in [0, 0.05) is 16.8 Å². The van der Waals surface area contributed by atoms with Crippen molar-refractivity contribution in [1.82, 2.24) is 19.9 Å². The molecule has 22 heavy (non-hydrogen) atoms. The van der Waals surface area contributed by atoms with Gasteiger partial charge in [0.1, 0.15) is 5.69 Å². The van der Waals surface area contributed by atoms with Crippen LogP contribution >= 0.6 is 11.3 Å². The van der Waals surface area contributed by atoms with Gasteiger partial charge in [-0.1, -0.05) is 11.3 Å². The molecule has 5 heterocycles. The third-order valence-electron chi connectivity index (χ3n) is 5.22. The van der Waals surface area contributed by atoms with Crippen molar-refractivity contribution in [1.29, 1.82) is 0 Å². The maximum absolute atomic E-state index is 4.45. The molecule has 3 fully saturated rings. The Hall–Kier alpha value is -1.72. The van der Waals surface area contributed by atoms with Crippen molar-refractivity contribution in [2.75, 3.05) is 19.6 Å². The molecule has 0 saturated carbocycles. The molecule has 5 heteroatoms. The molecule has 6 rings (SSSR count). The van der Waals surface area contributed by atoms with Crippen molar-refractivity contribution < 1.29 is 0 Å². The molecule has 0 amide bonds. The van der Waals surface area contributed by atoms with Crippen LogP contribution in [0.1, 0.15) is 18.9 Å². The van der Waals surface area contributed by atoms with Gasteiger partial charge in [0.2, 0.25) is 0 Å². The quantitative estimate of drug-likeness (QED) is 0.727. The molecule has 3 saturated heterocycles. The van der Waals surface area contributed by atoms with E-state index in [0.717, 1.165) is 18.2 Å². The molecule has 3 aliphatic heterocycles. The lowest BCUT2D eigenvalue weighted by atomic mass is 9.84. The third-order valence-corrected chi connectivity index (χ3v) is 6.12. The molecule has 112 valence electrons. The van der Waals surface area contributed by atoms with Gasteiger partial charge in [-0.25, -0.2) is 4.68 Å². The molecule has 0 spiro atoms. The molecule has 0 N–H and O–H groups in total. The zero-order chi connectivity index (χ0) is 14.5. The first-order chi connectivity index (χ1) is 10.9. The van der Waals surface area contributed by atoms with E-state index in [1.54, 1.807) is 11.3 Å². The van der Waals surface area contributed by atoms with Gasteiger partial charge >= 0.3 is 0 Å². The standard InChI is InChI=1S/C17H18N4S/c1-2-17-14(5-8-22-17)9-13(1)15-10-21(19-18-15)16-11-20-6-3-12(16)4-7-20/h1-2,5,8-10,12,16H,3-4,6-7,11H2/t16-/m0/s1. The number of aromatic nitrogens is 3. The third kappa shape index (κ3) is 2.00. The van der Waals surface area contributed by atoms with Crippen molar-refractivity contribution in [2.45, 2.75) is 18.9 Å². The summed E-state index contributed by atoms with van der Waals surface area (Å²) >= 11 is 1.78. The highest BCUT2D eigenvalue weighted by molar-refractivity contribution is 7.17. The van der Waals surface area contributed by atoms with Gasteiger partial charge in [0.15, 0.2) is 0 Å². The summed E-state index contributed by atoms with van der Waals surface area (Å²) in [6.45, 7) is 3.66. The summed E-state index contributed by atoms with van der Waals surface area (Å²) in [6, 6.07) is 9.23. The first-order valence-electron chi connectivity index (χ1n) is 7.99. The Bertz CT molecular complexity index is 813. The summed E-state index contributed by atoms with van der Waals surface area (Å²) in [7, 11) is 0. The maximum atomic E-state index is 4.45. The fourth-order valence-corrected chi connectivity index (χ4v) is 4.70. The molecule has 3 aromatic rings.